The molecule has 0 saturated carbocycles. The lowest BCUT2D eigenvalue weighted by Gasteiger charge is -2.11. The fourth-order valence-electron chi connectivity index (χ4n) is 1.09. The maximum atomic E-state index is 13.4. The van der Waals surface area contributed by atoms with Gasteiger partial charge in [0, 0.05) is 4.47 Å². The van der Waals surface area contributed by atoms with Crippen molar-refractivity contribution in [3.05, 3.63) is 34.1 Å². The molecule has 1 aromatic carbocycles. The third kappa shape index (κ3) is 2.88. The molecule has 0 radical (unpaired) electrons. The summed E-state index contributed by atoms with van der Waals surface area (Å²) in [6, 6.07) is 3.62. The highest BCUT2D eigenvalue weighted by atomic mass is 79.9. The maximum Gasteiger partial charge on any atom is 0.255 e. The molecule has 1 atom stereocenters. The van der Waals surface area contributed by atoms with Gasteiger partial charge in [0.2, 0.25) is 0 Å². The van der Waals surface area contributed by atoms with E-state index < -0.39 is 17.8 Å². The van der Waals surface area contributed by atoms with Gasteiger partial charge in [0.15, 0.2) is 5.78 Å². The van der Waals surface area contributed by atoms with E-state index in [9.17, 15) is 14.0 Å². The first-order chi connectivity index (χ1) is 7.43. The molecule has 0 aliphatic heterocycles. The lowest BCUT2D eigenvalue weighted by atomic mass is 10.1. The number of halogens is 2. The zero-order valence-electron chi connectivity index (χ0n) is 8.88. The van der Waals surface area contributed by atoms with Crippen LogP contribution in [-0.4, -0.2) is 17.7 Å². The highest BCUT2D eigenvalue weighted by molar-refractivity contribution is 9.10. The number of amides is 1. The van der Waals surface area contributed by atoms with E-state index in [0.29, 0.717) is 4.47 Å². The molecule has 5 heteroatoms. The molecule has 1 rings (SSSR count). The Morgan fingerprint density at radius 3 is 2.56 bits per heavy atom. The molecule has 1 amide bonds. The summed E-state index contributed by atoms with van der Waals surface area (Å²) < 4.78 is 13.7. The van der Waals surface area contributed by atoms with Crippen LogP contribution < -0.4 is 5.32 Å². The van der Waals surface area contributed by atoms with Gasteiger partial charge < -0.3 is 5.32 Å². The van der Waals surface area contributed by atoms with E-state index in [2.05, 4.69) is 21.2 Å². The third-order valence-electron chi connectivity index (χ3n) is 2.15. The third-order valence-corrected chi connectivity index (χ3v) is 2.81. The van der Waals surface area contributed by atoms with Crippen LogP contribution in [0.4, 0.5) is 4.39 Å². The number of Topliss-reactive ketones (excluding diaryl/α,β-unsaturated/α-hetero) is 1. The number of nitrogens with one attached hydrogen (secondary N) is 1. The molecule has 0 heterocycles. The smallest absolute Gasteiger partial charge is 0.255 e. The van der Waals surface area contributed by atoms with Crippen LogP contribution in [0.3, 0.4) is 0 Å². The predicted molar refractivity (Wildman–Crippen MR) is 61.7 cm³/mol. The van der Waals surface area contributed by atoms with Crippen molar-refractivity contribution >= 4 is 27.6 Å². The van der Waals surface area contributed by atoms with E-state index in [1.165, 1.54) is 19.1 Å². The molecule has 3 nitrogen and oxygen atoms in total. The standard InChI is InChI=1S/C11H11BrFNO2/c1-6(7(2)15)14-11(16)10-8(12)4-3-5-9(10)13/h3-6H,1-2H3,(H,14,16). The first kappa shape index (κ1) is 12.8. The Balaban J connectivity index is 2.93. The first-order valence-corrected chi connectivity index (χ1v) is 5.48. The van der Waals surface area contributed by atoms with E-state index in [4.69, 9.17) is 0 Å². The van der Waals surface area contributed by atoms with Gasteiger partial charge in [-0.05, 0) is 41.9 Å². The normalized spacial score (nSPS) is 12.0. The largest absolute Gasteiger partial charge is 0.342 e. The molecule has 1 unspecified atom stereocenters. The molecule has 16 heavy (non-hydrogen) atoms. The van der Waals surface area contributed by atoms with Crippen LogP contribution in [0.2, 0.25) is 0 Å². The number of ketones is 1. The molecule has 0 aliphatic rings. The van der Waals surface area contributed by atoms with Crippen LogP contribution in [0.25, 0.3) is 0 Å². The molecule has 86 valence electrons. The lowest BCUT2D eigenvalue weighted by Crippen LogP contribution is -2.37. The van der Waals surface area contributed by atoms with E-state index in [0.717, 1.165) is 0 Å². The van der Waals surface area contributed by atoms with Crippen molar-refractivity contribution < 1.29 is 14.0 Å². The topological polar surface area (TPSA) is 46.2 Å². The van der Waals surface area contributed by atoms with Gasteiger partial charge >= 0.3 is 0 Å². The molecule has 0 saturated heterocycles. The van der Waals surface area contributed by atoms with Gasteiger partial charge in [0.1, 0.15) is 5.82 Å². The monoisotopic (exact) mass is 287 g/mol. The van der Waals surface area contributed by atoms with Crippen molar-refractivity contribution in [2.24, 2.45) is 0 Å². The minimum atomic E-state index is -0.626. The van der Waals surface area contributed by atoms with Crippen LogP contribution in [0.1, 0.15) is 24.2 Å². The van der Waals surface area contributed by atoms with E-state index in [1.54, 1.807) is 13.0 Å². The molecule has 0 spiro atoms. The Kier molecular flexibility index (Phi) is 4.18. The Morgan fingerprint density at radius 1 is 1.44 bits per heavy atom. The van der Waals surface area contributed by atoms with Crippen molar-refractivity contribution in [1.82, 2.24) is 5.32 Å². The zero-order chi connectivity index (χ0) is 12.3. The highest BCUT2D eigenvalue weighted by Gasteiger charge is 2.18. The van der Waals surface area contributed by atoms with Crippen molar-refractivity contribution in [1.29, 1.82) is 0 Å². The average Bonchev–Trinajstić information content (AvgIpc) is 2.16. The average molecular weight is 288 g/mol. The van der Waals surface area contributed by atoms with Crippen molar-refractivity contribution in [2.75, 3.05) is 0 Å². The second-order valence-corrected chi connectivity index (χ2v) is 4.26. The molecule has 0 fully saturated rings. The van der Waals surface area contributed by atoms with Crippen molar-refractivity contribution in [2.45, 2.75) is 19.9 Å². The SMILES string of the molecule is CC(=O)C(C)NC(=O)c1c(F)cccc1Br. The summed E-state index contributed by atoms with van der Waals surface area (Å²) in [5.74, 6) is -1.41. The maximum absolute atomic E-state index is 13.4. The Hall–Kier alpha value is -1.23. The second kappa shape index (κ2) is 5.21. The van der Waals surface area contributed by atoms with Crippen molar-refractivity contribution in [3.8, 4) is 0 Å². The predicted octanol–water partition coefficient (Wildman–Crippen LogP) is 2.30. The molecule has 0 aromatic heterocycles. The first-order valence-electron chi connectivity index (χ1n) is 4.68. The number of carbonyl (C=O) groups is 2. The van der Waals surface area contributed by atoms with E-state index >= 15 is 0 Å². The lowest BCUT2D eigenvalue weighted by molar-refractivity contribution is -0.118. The number of benzene rings is 1. The number of hydrogen-bond acceptors (Lipinski definition) is 2. The van der Waals surface area contributed by atoms with Gasteiger partial charge in [-0.2, -0.15) is 0 Å². The minimum absolute atomic E-state index is 0.0874. The molecular formula is C11H11BrFNO2. The number of hydrogen-bond donors (Lipinski definition) is 1. The molecular weight excluding hydrogens is 277 g/mol. The Labute approximate surface area is 101 Å². The quantitative estimate of drug-likeness (QED) is 0.927. The number of carbonyl (C=O) groups excluding carboxylic acids is 2. The summed E-state index contributed by atoms with van der Waals surface area (Å²) >= 11 is 3.09. The van der Waals surface area contributed by atoms with Gasteiger partial charge in [-0.15, -0.1) is 0 Å². The van der Waals surface area contributed by atoms with Gasteiger partial charge in [0.05, 0.1) is 11.6 Å². The number of rotatable bonds is 3. The fourth-order valence-corrected chi connectivity index (χ4v) is 1.61. The Bertz CT molecular complexity index is 414. The molecule has 0 aliphatic carbocycles. The van der Waals surface area contributed by atoms with Crippen LogP contribution in [0.5, 0.6) is 0 Å². The summed E-state index contributed by atoms with van der Waals surface area (Å²) in [5.41, 5.74) is -0.0874. The summed E-state index contributed by atoms with van der Waals surface area (Å²) in [5, 5.41) is 2.42. The van der Waals surface area contributed by atoms with Crippen LogP contribution in [0, 0.1) is 5.82 Å². The van der Waals surface area contributed by atoms with Gasteiger partial charge in [-0.1, -0.05) is 6.07 Å². The summed E-state index contributed by atoms with van der Waals surface area (Å²) in [7, 11) is 0. The summed E-state index contributed by atoms with van der Waals surface area (Å²) in [6.07, 6.45) is 0. The summed E-state index contributed by atoms with van der Waals surface area (Å²) in [6.45, 7) is 2.91. The minimum Gasteiger partial charge on any atom is -0.342 e. The van der Waals surface area contributed by atoms with E-state index in [-0.39, 0.29) is 11.3 Å². The highest BCUT2D eigenvalue weighted by Crippen LogP contribution is 2.19. The van der Waals surface area contributed by atoms with Crippen molar-refractivity contribution in [3.63, 3.8) is 0 Å². The van der Waals surface area contributed by atoms with Crippen LogP contribution in [-0.2, 0) is 4.79 Å². The molecule has 1 N–H and O–H groups in total. The second-order valence-electron chi connectivity index (χ2n) is 3.40. The fraction of sp³-hybridized carbons (Fsp3) is 0.273. The zero-order valence-corrected chi connectivity index (χ0v) is 10.5. The Morgan fingerprint density at radius 2 is 2.06 bits per heavy atom. The van der Waals surface area contributed by atoms with E-state index in [1.807, 2.05) is 0 Å². The van der Waals surface area contributed by atoms with Crippen LogP contribution in [0.15, 0.2) is 22.7 Å². The van der Waals surface area contributed by atoms with Gasteiger partial charge in [-0.25, -0.2) is 4.39 Å². The van der Waals surface area contributed by atoms with Crippen LogP contribution >= 0.6 is 15.9 Å². The van der Waals surface area contributed by atoms with Gasteiger partial charge in [0.25, 0.3) is 5.91 Å². The molecule has 0 bridgehead atoms. The molecule has 1 aromatic rings. The van der Waals surface area contributed by atoms with Gasteiger partial charge in [-0.3, -0.25) is 9.59 Å². The summed E-state index contributed by atoms with van der Waals surface area (Å²) in [4.78, 5) is 22.6.